The van der Waals surface area contributed by atoms with Crippen molar-refractivity contribution in [3.8, 4) is 0 Å². The van der Waals surface area contributed by atoms with Gasteiger partial charge < -0.3 is 10.7 Å². The number of benzene rings is 1. The van der Waals surface area contributed by atoms with Crippen LogP contribution in [0.15, 0.2) is 24.4 Å². The first kappa shape index (κ1) is 10.2. The molecule has 0 saturated heterocycles. The minimum atomic E-state index is 0.121. The SMILES string of the molecule is CC(N)C1(c2cc3[nH]ccc3cc2Cl)CC1. The predicted molar refractivity (Wildman–Crippen MR) is 67.9 cm³/mol. The van der Waals surface area contributed by atoms with E-state index in [4.69, 9.17) is 17.3 Å². The molecule has 3 heteroatoms. The van der Waals surface area contributed by atoms with E-state index in [9.17, 15) is 0 Å². The molecule has 3 N–H and O–H groups in total. The molecule has 1 unspecified atom stereocenters. The largest absolute Gasteiger partial charge is 0.361 e. The van der Waals surface area contributed by atoms with E-state index in [1.807, 2.05) is 18.3 Å². The Kier molecular flexibility index (Phi) is 2.07. The molecule has 1 saturated carbocycles. The van der Waals surface area contributed by atoms with Crippen LogP contribution in [-0.4, -0.2) is 11.0 Å². The second kappa shape index (κ2) is 3.25. The lowest BCUT2D eigenvalue weighted by Crippen LogP contribution is -2.31. The van der Waals surface area contributed by atoms with Crippen LogP contribution in [-0.2, 0) is 5.41 Å². The van der Waals surface area contributed by atoms with E-state index in [2.05, 4.69) is 18.0 Å². The fourth-order valence-corrected chi connectivity index (χ4v) is 2.92. The van der Waals surface area contributed by atoms with Crippen molar-refractivity contribution in [3.05, 3.63) is 35.0 Å². The molecule has 2 nitrogen and oxygen atoms in total. The van der Waals surface area contributed by atoms with Crippen molar-refractivity contribution in [1.29, 1.82) is 0 Å². The number of hydrogen-bond acceptors (Lipinski definition) is 1. The van der Waals surface area contributed by atoms with E-state index in [1.165, 1.54) is 5.56 Å². The van der Waals surface area contributed by atoms with Crippen LogP contribution in [0.2, 0.25) is 5.02 Å². The van der Waals surface area contributed by atoms with Gasteiger partial charge in [0.15, 0.2) is 0 Å². The van der Waals surface area contributed by atoms with Crippen molar-refractivity contribution in [2.45, 2.75) is 31.2 Å². The first-order valence-corrected chi connectivity index (χ1v) is 6.04. The molecule has 1 aromatic carbocycles. The number of nitrogens with one attached hydrogen (secondary N) is 1. The summed E-state index contributed by atoms with van der Waals surface area (Å²) in [5, 5.41) is 2.01. The second-order valence-electron chi connectivity index (χ2n) is 4.84. The molecule has 84 valence electrons. The number of aromatic nitrogens is 1. The average molecular weight is 235 g/mol. The van der Waals surface area contributed by atoms with Gasteiger partial charge in [-0.15, -0.1) is 0 Å². The van der Waals surface area contributed by atoms with E-state index < -0.39 is 0 Å². The molecule has 1 fully saturated rings. The van der Waals surface area contributed by atoms with Crippen molar-refractivity contribution in [3.63, 3.8) is 0 Å². The maximum atomic E-state index is 6.36. The van der Waals surface area contributed by atoms with E-state index >= 15 is 0 Å². The number of H-pyrrole nitrogens is 1. The Balaban J connectivity index is 2.19. The van der Waals surface area contributed by atoms with Crippen LogP contribution < -0.4 is 5.73 Å². The van der Waals surface area contributed by atoms with Gasteiger partial charge in [0.1, 0.15) is 0 Å². The van der Waals surface area contributed by atoms with Gasteiger partial charge in [0.2, 0.25) is 0 Å². The Morgan fingerprint density at radius 2 is 2.19 bits per heavy atom. The average Bonchev–Trinajstić information content (AvgIpc) is 2.92. The zero-order valence-corrected chi connectivity index (χ0v) is 10.0. The summed E-state index contributed by atoms with van der Waals surface area (Å²) < 4.78 is 0. The Bertz CT molecular complexity index is 538. The Labute approximate surface area is 99.8 Å². The zero-order chi connectivity index (χ0) is 11.3. The Hall–Kier alpha value is -0.990. The number of nitrogens with two attached hydrogens (primary N) is 1. The van der Waals surface area contributed by atoms with Gasteiger partial charge in [0.25, 0.3) is 0 Å². The minimum Gasteiger partial charge on any atom is -0.361 e. The molecule has 1 aromatic heterocycles. The third-order valence-electron chi connectivity index (χ3n) is 3.84. The normalized spacial score (nSPS) is 19.9. The summed E-state index contributed by atoms with van der Waals surface area (Å²) in [6, 6.07) is 6.40. The maximum absolute atomic E-state index is 6.36. The molecule has 1 heterocycles. The van der Waals surface area contributed by atoms with Crippen LogP contribution in [0.25, 0.3) is 10.9 Å². The highest BCUT2D eigenvalue weighted by Gasteiger charge is 2.48. The molecule has 0 spiro atoms. The maximum Gasteiger partial charge on any atom is 0.0457 e. The molecule has 0 amide bonds. The summed E-state index contributed by atoms with van der Waals surface area (Å²) in [6.07, 6.45) is 4.24. The van der Waals surface area contributed by atoms with Gasteiger partial charge in [-0.25, -0.2) is 0 Å². The van der Waals surface area contributed by atoms with Crippen LogP contribution in [0.3, 0.4) is 0 Å². The first-order valence-electron chi connectivity index (χ1n) is 5.66. The van der Waals surface area contributed by atoms with Gasteiger partial charge in [-0.2, -0.15) is 0 Å². The molecular formula is C13H15ClN2. The summed E-state index contributed by atoms with van der Waals surface area (Å²) in [6.45, 7) is 2.07. The molecular weight excluding hydrogens is 220 g/mol. The Morgan fingerprint density at radius 1 is 1.44 bits per heavy atom. The molecule has 0 aliphatic heterocycles. The standard InChI is InChI=1S/C13H15ClN2/c1-8(15)13(3-4-13)10-7-12-9(2-5-16-12)6-11(10)14/h2,5-8,16H,3-4,15H2,1H3. The number of rotatable bonds is 2. The third-order valence-corrected chi connectivity index (χ3v) is 4.15. The van der Waals surface area contributed by atoms with E-state index in [0.29, 0.717) is 0 Å². The predicted octanol–water partition coefficient (Wildman–Crippen LogP) is 3.20. The summed E-state index contributed by atoms with van der Waals surface area (Å²) in [7, 11) is 0. The molecule has 1 atom stereocenters. The third kappa shape index (κ3) is 1.30. The van der Waals surface area contributed by atoms with Gasteiger partial charge in [-0.05, 0) is 43.5 Å². The topological polar surface area (TPSA) is 41.8 Å². The van der Waals surface area contributed by atoms with Crippen molar-refractivity contribution in [1.82, 2.24) is 4.98 Å². The molecule has 0 radical (unpaired) electrons. The highest BCUT2D eigenvalue weighted by atomic mass is 35.5. The molecule has 2 aromatic rings. The van der Waals surface area contributed by atoms with Crippen molar-refractivity contribution >= 4 is 22.5 Å². The second-order valence-corrected chi connectivity index (χ2v) is 5.25. The number of halogens is 1. The summed E-state index contributed by atoms with van der Waals surface area (Å²) >= 11 is 6.36. The number of fused-ring (bicyclic) bond motifs is 1. The zero-order valence-electron chi connectivity index (χ0n) is 9.26. The highest BCUT2D eigenvalue weighted by molar-refractivity contribution is 6.32. The van der Waals surface area contributed by atoms with Crippen molar-refractivity contribution < 1.29 is 0 Å². The quantitative estimate of drug-likeness (QED) is 0.823. The van der Waals surface area contributed by atoms with Crippen LogP contribution in [0.1, 0.15) is 25.3 Å². The monoisotopic (exact) mass is 234 g/mol. The molecule has 1 aliphatic carbocycles. The van der Waals surface area contributed by atoms with Crippen molar-refractivity contribution in [2.24, 2.45) is 5.73 Å². The van der Waals surface area contributed by atoms with E-state index in [-0.39, 0.29) is 11.5 Å². The first-order chi connectivity index (χ1) is 7.63. The lowest BCUT2D eigenvalue weighted by atomic mass is 9.89. The summed E-state index contributed by atoms with van der Waals surface area (Å²) in [5.41, 5.74) is 8.56. The number of hydrogen-bond donors (Lipinski definition) is 2. The van der Waals surface area contributed by atoms with Crippen LogP contribution in [0.5, 0.6) is 0 Å². The van der Waals surface area contributed by atoms with Gasteiger partial charge in [0, 0.05) is 33.6 Å². The fraction of sp³-hybridized carbons (Fsp3) is 0.385. The van der Waals surface area contributed by atoms with Gasteiger partial charge in [-0.1, -0.05) is 11.6 Å². The summed E-state index contributed by atoms with van der Waals surface area (Å²) in [4.78, 5) is 3.23. The molecule has 1 aliphatic rings. The van der Waals surface area contributed by atoms with Gasteiger partial charge in [-0.3, -0.25) is 0 Å². The number of aromatic amines is 1. The molecule has 3 rings (SSSR count). The fourth-order valence-electron chi connectivity index (χ4n) is 2.56. The minimum absolute atomic E-state index is 0.121. The van der Waals surface area contributed by atoms with Gasteiger partial charge >= 0.3 is 0 Å². The van der Waals surface area contributed by atoms with Crippen molar-refractivity contribution in [2.75, 3.05) is 0 Å². The van der Waals surface area contributed by atoms with Crippen LogP contribution in [0, 0.1) is 0 Å². The lowest BCUT2D eigenvalue weighted by molar-refractivity contribution is 0.557. The lowest BCUT2D eigenvalue weighted by Gasteiger charge is -2.21. The smallest absolute Gasteiger partial charge is 0.0457 e. The summed E-state index contributed by atoms with van der Waals surface area (Å²) in [5.74, 6) is 0. The van der Waals surface area contributed by atoms with Crippen LogP contribution >= 0.6 is 11.6 Å². The van der Waals surface area contributed by atoms with E-state index in [1.54, 1.807) is 0 Å². The Morgan fingerprint density at radius 3 is 2.81 bits per heavy atom. The van der Waals surface area contributed by atoms with Gasteiger partial charge in [0.05, 0.1) is 0 Å². The molecule has 16 heavy (non-hydrogen) atoms. The molecule has 0 bridgehead atoms. The van der Waals surface area contributed by atoms with E-state index in [0.717, 1.165) is 28.8 Å². The van der Waals surface area contributed by atoms with Crippen LogP contribution in [0.4, 0.5) is 0 Å². The highest BCUT2D eigenvalue weighted by Crippen LogP contribution is 2.52.